The van der Waals surface area contributed by atoms with Crippen LogP contribution >= 0.6 is 11.8 Å². The number of benzene rings is 3. The largest absolute Gasteiger partial charge is 0.352 e. The second kappa shape index (κ2) is 14.0. The van der Waals surface area contributed by atoms with Crippen molar-refractivity contribution in [3.05, 3.63) is 102 Å². The van der Waals surface area contributed by atoms with Gasteiger partial charge in [-0.05, 0) is 43.0 Å². The van der Waals surface area contributed by atoms with Gasteiger partial charge in [-0.2, -0.15) is 0 Å². The molecule has 0 heterocycles. The van der Waals surface area contributed by atoms with Gasteiger partial charge in [0, 0.05) is 36.1 Å². The van der Waals surface area contributed by atoms with E-state index < -0.39 is 6.04 Å². The average molecular weight is 515 g/mol. The summed E-state index contributed by atoms with van der Waals surface area (Å²) in [5.41, 5.74) is 3.28. The van der Waals surface area contributed by atoms with E-state index in [1.807, 2.05) is 53.4 Å². The Kier molecular flexibility index (Phi) is 10.2. The lowest BCUT2D eigenvalue weighted by Crippen LogP contribution is -2.52. The van der Waals surface area contributed by atoms with E-state index in [4.69, 9.17) is 0 Å². The van der Waals surface area contributed by atoms with Crippen LogP contribution in [0.3, 0.4) is 0 Å². The van der Waals surface area contributed by atoms with Crippen molar-refractivity contribution in [2.24, 2.45) is 0 Å². The third-order valence-corrected chi connectivity index (χ3v) is 8.04. The number of aryl methyl sites for hydroxylation is 1. The molecule has 4 rings (SSSR count). The lowest BCUT2D eigenvalue weighted by Gasteiger charge is -2.33. The first-order valence-electron chi connectivity index (χ1n) is 13.5. The van der Waals surface area contributed by atoms with Crippen molar-refractivity contribution in [3.8, 4) is 0 Å². The highest BCUT2D eigenvalue weighted by molar-refractivity contribution is 7.99. The first kappa shape index (κ1) is 27.0. The van der Waals surface area contributed by atoms with Crippen molar-refractivity contribution < 1.29 is 9.59 Å². The molecule has 194 valence electrons. The third-order valence-electron chi connectivity index (χ3n) is 7.02. The molecule has 3 aromatic carbocycles. The molecule has 5 heteroatoms. The second-order valence-corrected chi connectivity index (χ2v) is 11.1. The van der Waals surface area contributed by atoms with Crippen LogP contribution in [0.2, 0.25) is 0 Å². The molecular weight excluding hydrogens is 476 g/mol. The van der Waals surface area contributed by atoms with Crippen LogP contribution in [0.25, 0.3) is 0 Å². The summed E-state index contributed by atoms with van der Waals surface area (Å²) in [6.07, 6.45) is 6.45. The van der Waals surface area contributed by atoms with Crippen molar-refractivity contribution in [1.29, 1.82) is 0 Å². The van der Waals surface area contributed by atoms with Crippen LogP contribution < -0.4 is 5.32 Å². The molecule has 0 spiro atoms. The highest BCUT2D eigenvalue weighted by atomic mass is 32.2. The predicted molar refractivity (Wildman–Crippen MR) is 152 cm³/mol. The van der Waals surface area contributed by atoms with Crippen molar-refractivity contribution in [2.45, 2.75) is 75.4 Å². The summed E-state index contributed by atoms with van der Waals surface area (Å²) < 4.78 is 0. The summed E-state index contributed by atoms with van der Waals surface area (Å²) in [7, 11) is 0. The molecule has 1 aliphatic carbocycles. The number of nitrogens with one attached hydrogen (secondary N) is 1. The Bertz CT molecular complexity index is 1110. The van der Waals surface area contributed by atoms with E-state index in [0.29, 0.717) is 25.1 Å². The zero-order valence-electron chi connectivity index (χ0n) is 21.8. The molecule has 4 nitrogen and oxygen atoms in total. The van der Waals surface area contributed by atoms with E-state index in [0.717, 1.165) is 41.7 Å². The van der Waals surface area contributed by atoms with Gasteiger partial charge < -0.3 is 10.2 Å². The lowest BCUT2D eigenvalue weighted by molar-refractivity contribution is -0.141. The molecule has 1 fully saturated rings. The van der Waals surface area contributed by atoms with E-state index in [1.54, 1.807) is 11.8 Å². The average Bonchev–Trinajstić information content (AvgIpc) is 2.93. The van der Waals surface area contributed by atoms with Crippen LogP contribution in [0.1, 0.15) is 55.2 Å². The van der Waals surface area contributed by atoms with Gasteiger partial charge in [0.25, 0.3) is 0 Å². The van der Waals surface area contributed by atoms with Gasteiger partial charge in [-0.1, -0.05) is 97.6 Å². The third kappa shape index (κ3) is 8.50. The standard InChI is InChI=1S/C32H38N2O2S/c1-25-17-19-27(20-18-25)24-34(31(35)21-22-37-29-15-9-4-10-16-29)30(23-26-11-5-2-6-12-26)32(36)33-28-13-7-3-8-14-28/h2,4-6,9-12,15-20,28,30H,3,7-8,13-14,21-24H2,1H3,(H,33,36)/t30-/m1/s1. The highest BCUT2D eigenvalue weighted by Gasteiger charge is 2.31. The molecular formula is C32H38N2O2S. The zero-order valence-corrected chi connectivity index (χ0v) is 22.6. The molecule has 37 heavy (non-hydrogen) atoms. The Morgan fingerprint density at radius 1 is 0.865 bits per heavy atom. The van der Waals surface area contributed by atoms with Crippen molar-refractivity contribution >= 4 is 23.6 Å². The molecule has 3 aromatic rings. The molecule has 1 atom stereocenters. The lowest BCUT2D eigenvalue weighted by atomic mass is 9.94. The first-order valence-corrected chi connectivity index (χ1v) is 14.4. The minimum Gasteiger partial charge on any atom is -0.352 e. The molecule has 0 unspecified atom stereocenters. The normalized spacial score (nSPS) is 14.6. The number of carbonyl (C=O) groups excluding carboxylic acids is 2. The number of carbonyl (C=O) groups is 2. The van der Waals surface area contributed by atoms with Crippen LogP contribution in [0.15, 0.2) is 89.8 Å². The summed E-state index contributed by atoms with van der Waals surface area (Å²) in [5, 5.41) is 3.31. The number of nitrogens with zero attached hydrogens (tertiary/aromatic N) is 1. The highest BCUT2D eigenvalue weighted by Crippen LogP contribution is 2.22. The molecule has 0 aromatic heterocycles. The maximum absolute atomic E-state index is 13.8. The second-order valence-electron chi connectivity index (χ2n) is 9.97. The van der Waals surface area contributed by atoms with E-state index >= 15 is 0 Å². The fourth-order valence-electron chi connectivity index (χ4n) is 4.90. The van der Waals surface area contributed by atoms with Gasteiger partial charge in [0.05, 0.1) is 0 Å². The van der Waals surface area contributed by atoms with Crippen LogP contribution in [0.4, 0.5) is 0 Å². The molecule has 2 amide bonds. The first-order chi connectivity index (χ1) is 18.1. The van der Waals surface area contributed by atoms with Gasteiger partial charge in [0.15, 0.2) is 0 Å². The molecule has 0 radical (unpaired) electrons. The van der Waals surface area contributed by atoms with Gasteiger partial charge in [-0.25, -0.2) is 0 Å². The molecule has 0 bridgehead atoms. The van der Waals surface area contributed by atoms with E-state index in [1.165, 1.54) is 12.0 Å². The Balaban J connectivity index is 1.56. The van der Waals surface area contributed by atoms with Crippen LogP contribution in [0, 0.1) is 6.92 Å². The van der Waals surface area contributed by atoms with Crippen LogP contribution in [-0.4, -0.2) is 34.6 Å². The topological polar surface area (TPSA) is 49.4 Å². The molecule has 0 aliphatic heterocycles. The van der Waals surface area contributed by atoms with E-state index in [-0.39, 0.29) is 17.9 Å². The zero-order chi connectivity index (χ0) is 25.9. The molecule has 0 saturated heterocycles. The summed E-state index contributed by atoms with van der Waals surface area (Å²) in [4.78, 5) is 30.5. The summed E-state index contributed by atoms with van der Waals surface area (Å²) in [6, 6.07) is 28.1. The number of rotatable bonds is 11. The van der Waals surface area contributed by atoms with Crippen molar-refractivity contribution in [1.82, 2.24) is 10.2 Å². The SMILES string of the molecule is Cc1ccc(CN(C(=O)CCSc2ccccc2)[C@H](Cc2ccccc2)C(=O)NC2CCCCC2)cc1. The Morgan fingerprint density at radius 3 is 2.19 bits per heavy atom. The Hall–Kier alpha value is -3.05. The van der Waals surface area contributed by atoms with E-state index in [2.05, 4.69) is 48.6 Å². The number of thioether (sulfide) groups is 1. The Morgan fingerprint density at radius 2 is 1.51 bits per heavy atom. The molecule has 1 aliphatic rings. The fraction of sp³-hybridized carbons (Fsp3) is 0.375. The maximum Gasteiger partial charge on any atom is 0.243 e. The van der Waals surface area contributed by atoms with Crippen LogP contribution in [0.5, 0.6) is 0 Å². The molecule has 1 saturated carbocycles. The summed E-state index contributed by atoms with van der Waals surface area (Å²) in [6.45, 7) is 2.48. The maximum atomic E-state index is 13.8. The predicted octanol–water partition coefficient (Wildman–Crippen LogP) is 6.57. The smallest absolute Gasteiger partial charge is 0.243 e. The molecule has 1 N–H and O–H groups in total. The van der Waals surface area contributed by atoms with Gasteiger partial charge >= 0.3 is 0 Å². The van der Waals surface area contributed by atoms with Gasteiger partial charge in [0.1, 0.15) is 6.04 Å². The van der Waals surface area contributed by atoms with Crippen molar-refractivity contribution in [2.75, 3.05) is 5.75 Å². The summed E-state index contributed by atoms with van der Waals surface area (Å²) in [5.74, 6) is 0.658. The minimum atomic E-state index is -0.556. The van der Waals surface area contributed by atoms with Crippen molar-refractivity contribution in [3.63, 3.8) is 0 Å². The van der Waals surface area contributed by atoms with E-state index in [9.17, 15) is 9.59 Å². The van der Waals surface area contributed by atoms with Gasteiger partial charge in [-0.15, -0.1) is 11.8 Å². The van der Waals surface area contributed by atoms with Gasteiger partial charge in [0.2, 0.25) is 11.8 Å². The van der Waals surface area contributed by atoms with Gasteiger partial charge in [-0.3, -0.25) is 9.59 Å². The quantitative estimate of drug-likeness (QED) is 0.295. The number of hydrogen-bond donors (Lipinski definition) is 1. The Labute approximate surface area is 225 Å². The minimum absolute atomic E-state index is 0.0173. The fourth-order valence-corrected chi connectivity index (χ4v) is 5.77. The number of hydrogen-bond acceptors (Lipinski definition) is 3. The monoisotopic (exact) mass is 514 g/mol. The summed E-state index contributed by atoms with van der Waals surface area (Å²) >= 11 is 1.68. The number of amides is 2. The van der Waals surface area contributed by atoms with Crippen LogP contribution in [-0.2, 0) is 22.6 Å².